The molecule has 20 heteroatoms. The second kappa shape index (κ2) is 18.3. The molecule has 2 fully saturated rings. The number of fused-ring (bicyclic) bond motifs is 2. The minimum Gasteiger partial charge on any atom is -0.356 e. The van der Waals surface area contributed by atoms with Gasteiger partial charge in [0.1, 0.15) is 34.0 Å². The van der Waals surface area contributed by atoms with Crippen LogP contribution in [0.2, 0.25) is 0 Å². The molecule has 12 nitrogen and oxygen atoms in total. The first-order valence-corrected chi connectivity index (χ1v) is 20.9. The summed E-state index contributed by atoms with van der Waals surface area (Å²) in [4.78, 5) is 23.3. The Morgan fingerprint density at radius 1 is 0.621 bits per heavy atom. The molecule has 0 saturated carbocycles. The summed E-state index contributed by atoms with van der Waals surface area (Å²) in [5, 5.41) is 17.0. The van der Waals surface area contributed by atoms with Crippen molar-refractivity contribution in [2.24, 2.45) is 14.1 Å². The highest BCUT2D eigenvalue weighted by molar-refractivity contribution is 7.19. The Morgan fingerprint density at radius 2 is 1.05 bits per heavy atom. The Labute approximate surface area is 339 Å². The normalized spacial score (nSPS) is 18.3. The van der Waals surface area contributed by atoms with Gasteiger partial charge in [0.25, 0.3) is 0 Å². The van der Waals surface area contributed by atoms with Gasteiger partial charge in [-0.2, -0.15) is 36.5 Å². The highest BCUT2D eigenvalue weighted by atomic mass is 32.1. The first kappa shape index (κ1) is 41.7. The molecule has 0 aliphatic carbocycles. The standard InChI is InChI=1S/2C19H23F3N6S/c2*1-27-11-13(10-26-27)9-23-14-3-2-5-28(6-4-14)17-16-7-15(8-19(20,21)22)29-18(16)25-12-24-17/h2*7,10-12,14,23H,2-6,8-9H2,1H3/t2*14-/m10/s1. The van der Waals surface area contributed by atoms with E-state index >= 15 is 0 Å². The molecule has 2 aliphatic heterocycles. The Morgan fingerprint density at radius 3 is 1.43 bits per heavy atom. The van der Waals surface area contributed by atoms with E-state index in [-0.39, 0.29) is 9.75 Å². The monoisotopic (exact) mass is 848 g/mol. The molecule has 0 radical (unpaired) electrons. The molecule has 58 heavy (non-hydrogen) atoms. The average Bonchev–Trinajstić information content (AvgIpc) is 3.90. The summed E-state index contributed by atoms with van der Waals surface area (Å²) in [6, 6.07) is 3.99. The molecular weight excluding hydrogens is 803 g/mol. The third kappa shape index (κ3) is 11.4. The number of rotatable bonds is 10. The number of halogens is 6. The van der Waals surface area contributed by atoms with Crippen LogP contribution < -0.4 is 20.4 Å². The lowest BCUT2D eigenvalue weighted by Gasteiger charge is -2.22. The summed E-state index contributed by atoms with van der Waals surface area (Å²) in [6.45, 7) is 4.84. The van der Waals surface area contributed by atoms with E-state index in [0.717, 1.165) is 134 Å². The molecule has 6 aromatic heterocycles. The molecule has 0 aromatic carbocycles. The first-order valence-electron chi connectivity index (χ1n) is 19.3. The Balaban J connectivity index is 0.000000177. The molecule has 0 unspecified atom stereocenters. The third-order valence-corrected chi connectivity index (χ3v) is 12.3. The van der Waals surface area contributed by atoms with Crippen molar-refractivity contribution < 1.29 is 26.3 Å². The number of nitrogens with zero attached hydrogens (tertiary/aromatic N) is 10. The number of alkyl halides is 6. The zero-order valence-corrected chi connectivity index (χ0v) is 33.9. The van der Waals surface area contributed by atoms with Crippen LogP contribution in [0.4, 0.5) is 38.0 Å². The fourth-order valence-corrected chi connectivity index (χ4v) is 9.58. The molecule has 312 valence electrons. The predicted molar refractivity (Wildman–Crippen MR) is 214 cm³/mol. The highest BCUT2D eigenvalue weighted by Crippen LogP contribution is 2.36. The predicted octanol–water partition coefficient (Wildman–Crippen LogP) is 7.36. The lowest BCUT2D eigenvalue weighted by molar-refractivity contribution is -0.127. The van der Waals surface area contributed by atoms with Gasteiger partial charge in [0, 0.05) is 98.7 Å². The summed E-state index contributed by atoms with van der Waals surface area (Å²) in [5.74, 6) is 1.49. The van der Waals surface area contributed by atoms with Crippen molar-refractivity contribution in [2.45, 2.75) is 88.9 Å². The quantitative estimate of drug-likeness (QED) is 0.136. The van der Waals surface area contributed by atoms with Gasteiger partial charge >= 0.3 is 12.4 Å². The Bertz CT molecular complexity index is 2090. The summed E-state index contributed by atoms with van der Waals surface area (Å²) in [6.07, 6.45) is 6.35. The van der Waals surface area contributed by atoms with Crippen LogP contribution >= 0.6 is 22.7 Å². The molecule has 8 heterocycles. The molecule has 0 amide bonds. The molecule has 8 rings (SSSR count). The Hall–Kier alpha value is -4.40. The number of aromatic nitrogens is 8. The lowest BCUT2D eigenvalue weighted by atomic mass is 10.1. The fourth-order valence-electron chi connectivity index (χ4n) is 7.53. The van der Waals surface area contributed by atoms with Crippen molar-refractivity contribution in [3.63, 3.8) is 0 Å². The second-order valence-corrected chi connectivity index (χ2v) is 17.1. The van der Waals surface area contributed by atoms with Gasteiger partial charge in [-0.25, -0.2) is 19.9 Å². The van der Waals surface area contributed by atoms with Gasteiger partial charge in [-0.15, -0.1) is 22.7 Å². The van der Waals surface area contributed by atoms with Gasteiger partial charge in [-0.1, -0.05) is 0 Å². The molecular formula is C38H46F6N12S2. The maximum absolute atomic E-state index is 12.8. The number of hydrogen-bond acceptors (Lipinski definition) is 12. The minimum atomic E-state index is -4.22. The lowest BCUT2D eigenvalue weighted by Crippen LogP contribution is -2.30. The molecule has 2 saturated heterocycles. The topological polar surface area (TPSA) is 118 Å². The number of thiophene rings is 2. The third-order valence-electron chi connectivity index (χ3n) is 10.2. The van der Waals surface area contributed by atoms with Crippen LogP contribution in [0, 0.1) is 0 Å². The van der Waals surface area contributed by atoms with Crippen molar-refractivity contribution in [2.75, 3.05) is 36.0 Å². The van der Waals surface area contributed by atoms with Crippen LogP contribution in [0.3, 0.4) is 0 Å². The molecule has 2 aliphatic rings. The van der Waals surface area contributed by atoms with Crippen molar-refractivity contribution >= 4 is 54.7 Å². The van der Waals surface area contributed by atoms with E-state index in [9.17, 15) is 26.3 Å². The molecule has 6 aromatic rings. The highest BCUT2D eigenvalue weighted by Gasteiger charge is 2.31. The maximum atomic E-state index is 12.8. The van der Waals surface area contributed by atoms with Crippen LogP contribution in [0.15, 0.2) is 49.6 Å². The van der Waals surface area contributed by atoms with Crippen LogP contribution in [-0.2, 0) is 40.0 Å². The van der Waals surface area contributed by atoms with Gasteiger partial charge < -0.3 is 20.4 Å². The van der Waals surface area contributed by atoms with Crippen molar-refractivity contribution in [3.8, 4) is 0 Å². The van der Waals surface area contributed by atoms with E-state index < -0.39 is 25.2 Å². The molecule has 0 bridgehead atoms. The zero-order valence-electron chi connectivity index (χ0n) is 32.2. The zero-order chi connectivity index (χ0) is 40.9. The second-order valence-electron chi connectivity index (χ2n) is 14.9. The van der Waals surface area contributed by atoms with E-state index in [1.54, 1.807) is 21.5 Å². The van der Waals surface area contributed by atoms with Crippen molar-refractivity contribution in [3.05, 3.63) is 70.5 Å². The van der Waals surface area contributed by atoms with Crippen LogP contribution in [0.5, 0.6) is 0 Å². The summed E-state index contributed by atoms with van der Waals surface area (Å²) in [5.41, 5.74) is 2.31. The van der Waals surface area contributed by atoms with Crippen LogP contribution in [0.1, 0.15) is 59.4 Å². The average molecular weight is 849 g/mol. The number of nitrogens with one attached hydrogen (secondary N) is 2. The number of hydrogen-bond donors (Lipinski definition) is 2. The maximum Gasteiger partial charge on any atom is 0.393 e. The van der Waals surface area contributed by atoms with Crippen LogP contribution in [-0.4, -0.2) is 90.1 Å². The largest absolute Gasteiger partial charge is 0.393 e. The van der Waals surface area contributed by atoms with Crippen molar-refractivity contribution in [1.82, 2.24) is 50.1 Å². The van der Waals surface area contributed by atoms with E-state index in [4.69, 9.17) is 0 Å². The van der Waals surface area contributed by atoms with Gasteiger partial charge in [-0.3, -0.25) is 9.36 Å². The van der Waals surface area contributed by atoms with Crippen molar-refractivity contribution in [1.29, 1.82) is 0 Å². The van der Waals surface area contributed by atoms with Gasteiger partial charge in [0.15, 0.2) is 0 Å². The van der Waals surface area contributed by atoms with Gasteiger partial charge in [0.05, 0.1) is 36.0 Å². The molecule has 2 N–H and O–H groups in total. The van der Waals surface area contributed by atoms with Gasteiger partial charge in [-0.05, 0) is 50.7 Å². The van der Waals surface area contributed by atoms with E-state index in [1.165, 1.54) is 12.7 Å². The first-order chi connectivity index (χ1) is 27.7. The SMILES string of the molecule is Cn1cc(CN[C@@H]2CCCN(c3ncnc4sc(CC(F)(F)F)cc34)CC2)cn1.Cn1cc(CN[C@H]2CCCN(c3ncnc4sc(CC(F)(F)F)cc34)CC2)cn1. The summed E-state index contributed by atoms with van der Waals surface area (Å²) in [7, 11) is 3.81. The summed E-state index contributed by atoms with van der Waals surface area (Å²) >= 11 is 2.20. The van der Waals surface area contributed by atoms with E-state index in [0.29, 0.717) is 21.7 Å². The Kier molecular flexibility index (Phi) is 13.1. The van der Waals surface area contributed by atoms with Gasteiger partial charge in [0.2, 0.25) is 0 Å². The van der Waals surface area contributed by atoms with E-state index in [1.807, 2.05) is 38.9 Å². The summed E-state index contributed by atoms with van der Waals surface area (Å²) < 4.78 is 80.2. The van der Waals surface area contributed by atoms with E-state index in [2.05, 4.69) is 50.6 Å². The smallest absolute Gasteiger partial charge is 0.356 e. The fraction of sp³-hybridized carbons (Fsp3) is 0.526. The molecule has 2 atom stereocenters. The number of anilines is 2. The molecule has 0 spiro atoms. The van der Waals surface area contributed by atoms with Crippen LogP contribution in [0.25, 0.3) is 20.4 Å². The number of aryl methyl sites for hydroxylation is 2. The minimum absolute atomic E-state index is 0.278.